The van der Waals surface area contributed by atoms with Crippen molar-refractivity contribution < 1.29 is 9.84 Å². The first-order valence-electron chi connectivity index (χ1n) is 8.04. The van der Waals surface area contributed by atoms with Crippen molar-refractivity contribution in [2.75, 3.05) is 30.3 Å². The molecule has 2 aromatic carbocycles. The van der Waals surface area contributed by atoms with Crippen molar-refractivity contribution in [2.24, 2.45) is 0 Å². The van der Waals surface area contributed by atoms with E-state index in [1.165, 1.54) is 10.6 Å². The first kappa shape index (κ1) is 16.7. The van der Waals surface area contributed by atoms with E-state index in [1.54, 1.807) is 24.3 Å². The maximum absolute atomic E-state index is 10.4. The molecule has 2 aromatic rings. The summed E-state index contributed by atoms with van der Waals surface area (Å²) in [4.78, 5) is 3.51. The minimum absolute atomic E-state index is 0.234. The molecule has 0 aliphatic carbocycles. The number of thioether (sulfide) groups is 1. The molecule has 0 bridgehead atoms. The Hall–Kier alpha value is -2.16. The Balaban J connectivity index is 1.58. The maximum atomic E-state index is 10.4. The third-order valence-electron chi connectivity index (χ3n) is 3.89. The van der Waals surface area contributed by atoms with Gasteiger partial charge in [0.1, 0.15) is 18.5 Å². The van der Waals surface area contributed by atoms with Gasteiger partial charge < -0.3 is 14.7 Å². The molecule has 5 heteroatoms. The fraction of sp³-hybridized carbons (Fsp3) is 0.316. The van der Waals surface area contributed by atoms with Crippen LogP contribution in [0.5, 0.6) is 5.75 Å². The second-order valence-electron chi connectivity index (χ2n) is 5.72. The van der Waals surface area contributed by atoms with Gasteiger partial charge in [0, 0.05) is 18.0 Å². The highest BCUT2D eigenvalue weighted by Crippen LogP contribution is 2.33. The molecule has 0 fully saturated rings. The molecule has 1 atom stereocenters. The van der Waals surface area contributed by atoms with Gasteiger partial charge in [-0.2, -0.15) is 5.26 Å². The van der Waals surface area contributed by atoms with Gasteiger partial charge in [0.25, 0.3) is 0 Å². The second kappa shape index (κ2) is 8.09. The van der Waals surface area contributed by atoms with Crippen molar-refractivity contribution in [3.8, 4) is 11.8 Å². The van der Waals surface area contributed by atoms with Crippen LogP contribution in [-0.2, 0) is 0 Å². The Morgan fingerprint density at radius 3 is 2.79 bits per heavy atom. The lowest BCUT2D eigenvalue weighted by molar-refractivity contribution is 0.112. The summed E-state index contributed by atoms with van der Waals surface area (Å²) in [6.45, 7) is 1.73. The van der Waals surface area contributed by atoms with Gasteiger partial charge in [-0.25, -0.2) is 0 Å². The van der Waals surface area contributed by atoms with Gasteiger partial charge >= 0.3 is 0 Å². The monoisotopic (exact) mass is 340 g/mol. The SMILES string of the molecule is N#Cc1ccc(OC[C@@H](O)CN2CCCSc3ccccc32)cc1. The standard InChI is InChI=1S/C19H20N2O2S/c20-12-15-6-8-17(9-7-15)23-14-16(22)13-21-10-3-11-24-19-5-2-1-4-18(19)21/h1-2,4-9,16,22H,3,10-11,13-14H2/t16-/m0/s1. The summed E-state index contributed by atoms with van der Waals surface area (Å²) < 4.78 is 5.64. The molecule has 0 aromatic heterocycles. The summed E-state index contributed by atoms with van der Waals surface area (Å²) >= 11 is 1.87. The smallest absolute Gasteiger partial charge is 0.119 e. The highest BCUT2D eigenvalue weighted by atomic mass is 32.2. The fourth-order valence-corrected chi connectivity index (χ4v) is 3.73. The van der Waals surface area contributed by atoms with E-state index in [0.29, 0.717) is 17.9 Å². The Kier molecular flexibility index (Phi) is 5.63. The summed E-state index contributed by atoms with van der Waals surface area (Å²) in [7, 11) is 0. The number of anilines is 1. The van der Waals surface area contributed by atoms with Crippen molar-refractivity contribution >= 4 is 17.4 Å². The summed E-state index contributed by atoms with van der Waals surface area (Å²) in [5.74, 6) is 1.77. The van der Waals surface area contributed by atoms with Crippen LogP contribution in [-0.4, -0.2) is 36.7 Å². The lowest BCUT2D eigenvalue weighted by Gasteiger charge is -2.27. The molecule has 1 N–H and O–H groups in total. The molecule has 0 saturated heterocycles. The van der Waals surface area contributed by atoms with Crippen molar-refractivity contribution in [1.29, 1.82) is 5.26 Å². The summed E-state index contributed by atoms with van der Waals surface area (Å²) in [6, 6.07) is 17.3. The third-order valence-corrected chi connectivity index (χ3v) is 5.04. The van der Waals surface area contributed by atoms with Crippen LogP contribution in [0.15, 0.2) is 53.4 Å². The number of rotatable bonds is 5. The van der Waals surface area contributed by atoms with E-state index in [2.05, 4.69) is 29.2 Å². The van der Waals surface area contributed by atoms with E-state index in [0.717, 1.165) is 18.7 Å². The largest absolute Gasteiger partial charge is 0.491 e. The van der Waals surface area contributed by atoms with Gasteiger partial charge in [0.15, 0.2) is 0 Å². The molecule has 1 aliphatic rings. The lowest BCUT2D eigenvalue weighted by Crippen LogP contribution is -2.36. The predicted molar refractivity (Wildman–Crippen MR) is 96.7 cm³/mol. The number of para-hydroxylation sites is 1. The van der Waals surface area contributed by atoms with Gasteiger partial charge in [-0.15, -0.1) is 11.8 Å². The Bertz CT molecular complexity index is 712. The van der Waals surface area contributed by atoms with Crippen molar-refractivity contribution in [1.82, 2.24) is 0 Å². The van der Waals surface area contributed by atoms with Crippen molar-refractivity contribution in [3.05, 3.63) is 54.1 Å². The maximum Gasteiger partial charge on any atom is 0.119 e. The Labute approximate surface area is 146 Å². The molecule has 0 saturated carbocycles. The van der Waals surface area contributed by atoms with E-state index in [1.807, 2.05) is 17.8 Å². The molecule has 24 heavy (non-hydrogen) atoms. The number of hydrogen-bond donors (Lipinski definition) is 1. The van der Waals surface area contributed by atoms with Crippen LogP contribution in [0.2, 0.25) is 0 Å². The highest BCUT2D eigenvalue weighted by molar-refractivity contribution is 7.99. The molecule has 3 rings (SSSR count). The molecule has 1 aliphatic heterocycles. The number of hydrogen-bond acceptors (Lipinski definition) is 5. The number of aliphatic hydroxyl groups excluding tert-OH is 1. The van der Waals surface area contributed by atoms with Gasteiger partial charge in [0.2, 0.25) is 0 Å². The molecule has 4 nitrogen and oxygen atoms in total. The average molecular weight is 340 g/mol. The number of benzene rings is 2. The lowest BCUT2D eigenvalue weighted by atomic mass is 10.2. The molecule has 1 heterocycles. The number of nitriles is 1. The van der Waals surface area contributed by atoms with E-state index in [-0.39, 0.29) is 6.61 Å². The van der Waals surface area contributed by atoms with Gasteiger partial charge in [0.05, 0.1) is 17.3 Å². The minimum atomic E-state index is -0.572. The second-order valence-corrected chi connectivity index (χ2v) is 6.85. The normalized spacial score (nSPS) is 15.1. The number of nitrogens with zero attached hydrogens (tertiary/aromatic N) is 2. The van der Waals surface area contributed by atoms with Crippen LogP contribution in [0.1, 0.15) is 12.0 Å². The van der Waals surface area contributed by atoms with Crippen LogP contribution < -0.4 is 9.64 Å². The number of ether oxygens (including phenoxy) is 1. The zero-order valence-corrected chi connectivity index (χ0v) is 14.2. The van der Waals surface area contributed by atoms with E-state index < -0.39 is 6.10 Å². The minimum Gasteiger partial charge on any atom is -0.491 e. The molecule has 0 spiro atoms. The van der Waals surface area contributed by atoms with Crippen LogP contribution in [0, 0.1) is 11.3 Å². The quantitative estimate of drug-likeness (QED) is 0.905. The Morgan fingerprint density at radius 2 is 2.00 bits per heavy atom. The topological polar surface area (TPSA) is 56.5 Å². The molecular formula is C19H20N2O2S. The van der Waals surface area contributed by atoms with Crippen LogP contribution in [0.3, 0.4) is 0 Å². The predicted octanol–water partition coefficient (Wildman–Crippen LogP) is 3.30. The van der Waals surface area contributed by atoms with Gasteiger partial charge in [-0.05, 0) is 48.6 Å². The third kappa shape index (κ3) is 4.22. The van der Waals surface area contributed by atoms with Gasteiger partial charge in [-0.1, -0.05) is 12.1 Å². The number of β-amino-alcohol motifs (C(OH)–C–C–N with tert-alkyl or cyclic N) is 1. The molecular weight excluding hydrogens is 320 g/mol. The number of aliphatic hydroxyl groups is 1. The van der Waals surface area contributed by atoms with Gasteiger partial charge in [-0.3, -0.25) is 0 Å². The first-order chi connectivity index (χ1) is 11.8. The summed E-state index contributed by atoms with van der Waals surface area (Å²) in [6.07, 6.45) is 0.527. The van der Waals surface area contributed by atoms with E-state index in [9.17, 15) is 5.11 Å². The van der Waals surface area contributed by atoms with Crippen LogP contribution in [0.25, 0.3) is 0 Å². The molecule has 0 unspecified atom stereocenters. The van der Waals surface area contributed by atoms with Crippen molar-refractivity contribution in [2.45, 2.75) is 17.4 Å². The zero-order chi connectivity index (χ0) is 16.8. The highest BCUT2D eigenvalue weighted by Gasteiger charge is 2.18. The van der Waals surface area contributed by atoms with Crippen LogP contribution in [0.4, 0.5) is 5.69 Å². The summed E-state index contributed by atoms with van der Waals surface area (Å²) in [5, 5.41) is 19.1. The molecule has 0 amide bonds. The summed E-state index contributed by atoms with van der Waals surface area (Å²) in [5.41, 5.74) is 1.79. The first-order valence-corrected chi connectivity index (χ1v) is 9.02. The molecule has 0 radical (unpaired) electrons. The van der Waals surface area contributed by atoms with Crippen LogP contribution >= 0.6 is 11.8 Å². The van der Waals surface area contributed by atoms with Crippen molar-refractivity contribution in [3.63, 3.8) is 0 Å². The Morgan fingerprint density at radius 1 is 1.21 bits per heavy atom. The number of fused-ring (bicyclic) bond motifs is 1. The fourth-order valence-electron chi connectivity index (χ4n) is 2.71. The zero-order valence-electron chi connectivity index (χ0n) is 13.4. The molecule has 124 valence electrons. The van der Waals surface area contributed by atoms with E-state index in [4.69, 9.17) is 10.00 Å². The average Bonchev–Trinajstić information content (AvgIpc) is 2.83. The van der Waals surface area contributed by atoms with E-state index >= 15 is 0 Å².